The molecule has 0 bridgehead atoms. The summed E-state index contributed by atoms with van der Waals surface area (Å²) in [5, 5.41) is 25.0. The largest absolute Gasteiger partial charge is 0.494 e. The van der Waals surface area contributed by atoms with Gasteiger partial charge in [0.1, 0.15) is 42.0 Å². The van der Waals surface area contributed by atoms with Crippen LogP contribution in [0.3, 0.4) is 0 Å². The molecule has 384 valence electrons. The van der Waals surface area contributed by atoms with Crippen molar-refractivity contribution >= 4 is 59.1 Å². The number of imide groups is 1. The molecule has 2 aromatic rings. The van der Waals surface area contributed by atoms with Crippen molar-refractivity contribution in [2.75, 3.05) is 19.7 Å². The van der Waals surface area contributed by atoms with Gasteiger partial charge in [-0.15, -0.1) is 0 Å². The van der Waals surface area contributed by atoms with E-state index in [-0.39, 0.29) is 38.2 Å². The maximum absolute atomic E-state index is 14.0. The van der Waals surface area contributed by atoms with Crippen LogP contribution in [0.25, 0.3) is 0 Å². The highest BCUT2D eigenvalue weighted by atomic mass is 16.5. The number of carbonyl (C=O) groups is 9. The highest BCUT2D eigenvalue weighted by Gasteiger charge is 2.38. The Labute approximate surface area is 407 Å². The fourth-order valence-corrected chi connectivity index (χ4v) is 7.49. The Kier molecular flexibility index (Phi) is 23.2. The zero-order valence-corrected chi connectivity index (χ0v) is 40.5. The van der Waals surface area contributed by atoms with Gasteiger partial charge in [-0.3, -0.25) is 53.9 Å². The smallest absolute Gasteiger partial charge is 0.249 e. The van der Waals surface area contributed by atoms with Crippen molar-refractivity contribution in [3.8, 4) is 5.75 Å². The molecular formula is C47H71N13O10. The summed E-state index contributed by atoms with van der Waals surface area (Å²) in [6.07, 6.45) is 0.860. The Bertz CT molecular complexity index is 2140. The minimum atomic E-state index is -1.73. The van der Waals surface area contributed by atoms with Gasteiger partial charge in [0.15, 0.2) is 5.96 Å². The lowest BCUT2D eigenvalue weighted by atomic mass is 9.99. The number of nitrogens with two attached hydrogens (primary N) is 4. The van der Waals surface area contributed by atoms with Gasteiger partial charge in [-0.25, -0.2) is 0 Å². The minimum absolute atomic E-state index is 0.0120. The number of amides is 9. The van der Waals surface area contributed by atoms with Crippen molar-refractivity contribution < 1.29 is 47.9 Å². The van der Waals surface area contributed by atoms with Crippen LogP contribution < -0.4 is 64.9 Å². The molecule has 70 heavy (non-hydrogen) atoms. The average molecular weight is 978 g/mol. The highest BCUT2D eigenvalue weighted by molar-refractivity contribution is 6.04. The lowest BCUT2D eigenvalue weighted by molar-refractivity contribution is -0.141. The molecule has 23 heteroatoms. The molecule has 16 N–H and O–H groups in total. The van der Waals surface area contributed by atoms with E-state index in [1.54, 1.807) is 75.4 Å². The number of rotatable bonds is 27. The fraction of sp³-hybridized carbons (Fsp3) is 0.532. The van der Waals surface area contributed by atoms with Crippen molar-refractivity contribution in [1.82, 2.24) is 42.1 Å². The average Bonchev–Trinajstić information content (AvgIpc) is 3.81. The Morgan fingerprint density at radius 1 is 0.714 bits per heavy atom. The summed E-state index contributed by atoms with van der Waals surface area (Å²) in [4.78, 5) is 122. The lowest BCUT2D eigenvalue weighted by Crippen LogP contribution is -2.60. The van der Waals surface area contributed by atoms with E-state index in [4.69, 9.17) is 33.1 Å². The number of nitrogens with one attached hydrogen (secondary N) is 8. The molecule has 23 nitrogen and oxygen atoms in total. The van der Waals surface area contributed by atoms with E-state index in [9.17, 15) is 43.2 Å². The molecule has 9 amide bonds. The molecule has 0 saturated carbocycles. The normalized spacial score (nSPS) is 16.2. The summed E-state index contributed by atoms with van der Waals surface area (Å²) in [7, 11) is 0. The highest BCUT2D eigenvalue weighted by Crippen LogP contribution is 2.20. The molecule has 1 aliphatic rings. The number of hydrogen-bond acceptors (Lipinski definition) is 13. The van der Waals surface area contributed by atoms with Gasteiger partial charge in [0.25, 0.3) is 0 Å². The summed E-state index contributed by atoms with van der Waals surface area (Å²) in [6, 6.07) is 6.18. The van der Waals surface area contributed by atoms with E-state index in [0.29, 0.717) is 43.7 Å². The van der Waals surface area contributed by atoms with Gasteiger partial charge >= 0.3 is 0 Å². The summed E-state index contributed by atoms with van der Waals surface area (Å²) in [5.74, 6) is -7.66. The van der Waals surface area contributed by atoms with Crippen LogP contribution in [0.1, 0.15) is 84.3 Å². The first-order valence-electron chi connectivity index (χ1n) is 23.5. The Morgan fingerprint density at radius 2 is 1.34 bits per heavy atom. The van der Waals surface area contributed by atoms with Crippen LogP contribution in [0, 0.1) is 11.3 Å². The van der Waals surface area contributed by atoms with E-state index < -0.39 is 114 Å². The molecule has 1 fully saturated rings. The summed E-state index contributed by atoms with van der Waals surface area (Å²) in [6.45, 7) is 9.03. The van der Waals surface area contributed by atoms with Crippen LogP contribution in [0.15, 0.2) is 54.6 Å². The molecule has 0 aromatic heterocycles. The number of primary amides is 1. The maximum atomic E-state index is 14.0. The van der Waals surface area contributed by atoms with Gasteiger partial charge in [0.2, 0.25) is 53.2 Å². The molecule has 0 spiro atoms. The van der Waals surface area contributed by atoms with E-state index in [2.05, 4.69) is 37.2 Å². The predicted molar refractivity (Wildman–Crippen MR) is 259 cm³/mol. The zero-order valence-electron chi connectivity index (χ0n) is 40.5. The zero-order chi connectivity index (χ0) is 52.1. The number of hydrogen-bond donors (Lipinski definition) is 12. The second-order valence-electron chi connectivity index (χ2n) is 17.4. The van der Waals surface area contributed by atoms with Crippen molar-refractivity contribution in [2.24, 2.45) is 28.9 Å². The number of carbonyl (C=O) groups excluding carboxylic acids is 9. The maximum Gasteiger partial charge on any atom is 0.249 e. The molecule has 0 aliphatic carbocycles. The number of benzene rings is 2. The fourth-order valence-electron chi connectivity index (χ4n) is 7.49. The van der Waals surface area contributed by atoms with Gasteiger partial charge in [-0.1, -0.05) is 63.2 Å². The lowest BCUT2D eigenvalue weighted by Gasteiger charge is -2.28. The molecule has 8 atom stereocenters. The molecule has 1 unspecified atom stereocenters. The molecule has 1 heterocycles. The third-order valence-electron chi connectivity index (χ3n) is 11.4. The van der Waals surface area contributed by atoms with Crippen LogP contribution in [0.5, 0.6) is 5.75 Å². The minimum Gasteiger partial charge on any atom is -0.494 e. The van der Waals surface area contributed by atoms with Gasteiger partial charge < -0.3 is 64.5 Å². The first-order chi connectivity index (χ1) is 33.1. The number of guanidine groups is 1. The van der Waals surface area contributed by atoms with Gasteiger partial charge in [-0.2, -0.15) is 0 Å². The second-order valence-corrected chi connectivity index (χ2v) is 17.4. The summed E-state index contributed by atoms with van der Waals surface area (Å²) >= 11 is 0. The third-order valence-corrected chi connectivity index (χ3v) is 11.4. The van der Waals surface area contributed by atoms with E-state index in [1.807, 2.05) is 6.92 Å². The van der Waals surface area contributed by atoms with Crippen LogP contribution in [0.4, 0.5) is 0 Å². The third kappa shape index (κ3) is 18.4. The monoisotopic (exact) mass is 978 g/mol. The standard InChI is InChI=1S/C47H71N13O10/c1-6-31(48)46(69)60-22-12-16-36(60)44(67)55-33(15-11-21-53-47(51)52)41(64)54-27(5)39(62)59-43(66)35(25-37(50)61)57-45(68)38(26(3)4)58-42(65)34(24-28-13-9-8-10-14-28)56-40(63)32(49)23-29-17-19-30(20-18-29)70-7-2/h8-10,13-14,17-20,26-27,31-36,38H,6-7,11-12,15-16,21-25,48-49H2,1-5H3,(H2,50,61)(H,54,64)(H,55,67)(H,56,63)(H,57,68)(H,58,65)(H4,51,52,53)(H,59,62,66)/t27-,31?,32-,33-,34-,35-,36-,38-/m0/s1. The van der Waals surface area contributed by atoms with Crippen molar-refractivity contribution in [1.29, 1.82) is 5.41 Å². The van der Waals surface area contributed by atoms with E-state index in [1.165, 1.54) is 11.8 Å². The Morgan fingerprint density at radius 3 is 1.94 bits per heavy atom. The van der Waals surface area contributed by atoms with Crippen LogP contribution >= 0.6 is 0 Å². The van der Waals surface area contributed by atoms with Gasteiger partial charge in [0, 0.05) is 19.5 Å². The van der Waals surface area contributed by atoms with Crippen LogP contribution in [-0.2, 0) is 56.0 Å². The molecule has 0 radical (unpaired) electrons. The van der Waals surface area contributed by atoms with Crippen molar-refractivity contribution in [3.63, 3.8) is 0 Å². The van der Waals surface area contributed by atoms with Crippen LogP contribution in [-0.4, -0.2) is 132 Å². The van der Waals surface area contributed by atoms with Crippen LogP contribution in [0.2, 0.25) is 0 Å². The molecule has 3 rings (SSSR count). The van der Waals surface area contributed by atoms with Gasteiger partial charge in [0.05, 0.1) is 25.1 Å². The number of nitrogens with zero attached hydrogens (tertiary/aromatic N) is 1. The van der Waals surface area contributed by atoms with Crippen molar-refractivity contribution in [2.45, 2.75) is 134 Å². The second kappa shape index (κ2) is 28.4. The van der Waals surface area contributed by atoms with Gasteiger partial charge in [-0.05, 0) is 81.5 Å². The number of likely N-dealkylation sites (tertiary alicyclic amines) is 1. The predicted octanol–water partition coefficient (Wildman–Crippen LogP) is -2.19. The number of ether oxygens (including phenoxy) is 1. The SMILES string of the molecule is CCOc1ccc(C[C@H](N)C(=O)N[C@@H](Cc2ccccc2)C(=O)N[C@H](C(=O)N[C@@H](CC(N)=O)C(=O)NC(=O)[C@H](C)NC(=O)[C@H](CCCNC(=N)N)NC(=O)[C@@H]2CCCN2C(=O)C(N)CC)C(C)C)cc1. The topological polar surface area (TPSA) is 378 Å². The summed E-state index contributed by atoms with van der Waals surface area (Å²) < 4.78 is 5.48. The summed E-state index contributed by atoms with van der Waals surface area (Å²) in [5.41, 5.74) is 24.5. The van der Waals surface area contributed by atoms with E-state index >= 15 is 0 Å². The first-order valence-corrected chi connectivity index (χ1v) is 23.5. The Hall–Kier alpha value is -7.14. The molecule has 1 saturated heterocycles. The quantitative estimate of drug-likeness (QED) is 0.0257. The Balaban J connectivity index is 1.72. The first kappa shape index (κ1) is 57.2. The molecule has 1 aliphatic heterocycles. The molecule has 2 aromatic carbocycles. The van der Waals surface area contributed by atoms with Crippen molar-refractivity contribution in [3.05, 3.63) is 65.7 Å². The molecular weight excluding hydrogens is 907 g/mol. The van der Waals surface area contributed by atoms with E-state index in [0.717, 1.165) is 5.56 Å².